The molecule has 0 aromatic rings. The van der Waals surface area contributed by atoms with Gasteiger partial charge in [-0.25, -0.2) is 0 Å². The Bertz CT molecular complexity index is 161. The summed E-state index contributed by atoms with van der Waals surface area (Å²) in [6, 6.07) is 0.598. The zero-order valence-corrected chi connectivity index (χ0v) is 10.9. The molecule has 0 aromatic carbocycles. The van der Waals surface area contributed by atoms with E-state index in [1.54, 1.807) is 0 Å². The van der Waals surface area contributed by atoms with Crippen molar-refractivity contribution >= 4 is 0 Å². The Morgan fingerprint density at radius 3 is 2.56 bits per heavy atom. The van der Waals surface area contributed by atoms with E-state index in [0.717, 1.165) is 6.54 Å². The van der Waals surface area contributed by atoms with Gasteiger partial charge in [0.05, 0.1) is 0 Å². The summed E-state index contributed by atoms with van der Waals surface area (Å²) < 4.78 is 0. The van der Waals surface area contributed by atoms with E-state index in [4.69, 9.17) is 0 Å². The van der Waals surface area contributed by atoms with Gasteiger partial charge >= 0.3 is 0 Å². The standard InChI is InChI=1S/C14H29NO/c1-2-3-4-5-6-7-11-15-14-10-8-9-13(14)12-16/h13-16H,2-12H2,1H3. The third kappa shape index (κ3) is 5.31. The van der Waals surface area contributed by atoms with Gasteiger partial charge in [-0.2, -0.15) is 0 Å². The summed E-state index contributed by atoms with van der Waals surface area (Å²) in [7, 11) is 0. The fourth-order valence-corrected chi connectivity index (χ4v) is 2.72. The molecule has 1 fully saturated rings. The molecule has 0 saturated heterocycles. The second-order valence-corrected chi connectivity index (χ2v) is 5.20. The van der Waals surface area contributed by atoms with Crippen molar-refractivity contribution < 1.29 is 5.11 Å². The molecule has 0 aromatic heterocycles. The predicted molar refractivity (Wildman–Crippen MR) is 69.6 cm³/mol. The maximum Gasteiger partial charge on any atom is 0.0474 e. The molecule has 0 heterocycles. The van der Waals surface area contributed by atoms with Crippen LogP contribution in [0.3, 0.4) is 0 Å². The van der Waals surface area contributed by atoms with Crippen molar-refractivity contribution in [3.05, 3.63) is 0 Å². The zero-order chi connectivity index (χ0) is 11.6. The summed E-state index contributed by atoms with van der Waals surface area (Å²) in [5.41, 5.74) is 0. The third-order valence-corrected chi connectivity index (χ3v) is 3.83. The minimum Gasteiger partial charge on any atom is -0.396 e. The second-order valence-electron chi connectivity index (χ2n) is 5.20. The van der Waals surface area contributed by atoms with Crippen LogP contribution in [0.4, 0.5) is 0 Å². The lowest BCUT2D eigenvalue weighted by molar-refractivity contribution is 0.205. The molecule has 16 heavy (non-hydrogen) atoms. The highest BCUT2D eigenvalue weighted by Crippen LogP contribution is 2.24. The van der Waals surface area contributed by atoms with Crippen molar-refractivity contribution in [1.29, 1.82) is 0 Å². The molecule has 0 spiro atoms. The minimum absolute atomic E-state index is 0.369. The summed E-state index contributed by atoms with van der Waals surface area (Å²) in [5, 5.41) is 12.8. The van der Waals surface area contributed by atoms with Crippen LogP contribution in [-0.4, -0.2) is 24.3 Å². The summed E-state index contributed by atoms with van der Waals surface area (Å²) in [5.74, 6) is 0.528. The monoisotopic (exact) mass is 227 g/mol. The van der Waals surface area contributed by atoms with Crippen molar-refractivity contribution in [2.75, 3.05) is 13.2 Å². The summed E-state index contributed by atoms with van der Waals surface area (Å²) in [6.45, 7) is 3.78. The number of rotatable bonds is 9. The molecule has 0 aliphatic heterocycles. The van der Waals surface area contributed by atoms with Crippen molar-refractivity contribution in [1.82, 2.24) is 5.32 Å². The van der Waals surface area contributed by atoms with Crippen LogP contribution >= 0.6 is 0 Å². The first-order valence-corrected chi connectivity index (χ1v) is 7.22. The van der Waals surface area contributed by atoms with E-state index in [9.17, 15) is 5.11 Å². The van der Waals surface area contributed by atoms with Gasteiger partial charge in [0.15, 0.2) is 0 Å². The Morgan fingerprint density at radius 1 is 1.06 bits per heavy atom. The lowest BCUT2D eigenvalue weighted by Crippen LogP contribution is -2.34. The first-order chi connectivity index (χ1) is 7.88. The van der Waals surface area contributed by atoms with Crippen LogP contribution in [0.15, 0.2) is 0 Å². The van der Waals surface area contributed by atoms with Crippen molar-refractivity contribution in [3.63, 3.8) is 0 Å². The molecule has 2 unspecified atom stereocenters. The van der Waals surface area contributed by atoms with Gasteiger partial charge in [-0.1, -0.05) is 45.4 Å². The molecule has 96 valence electrons. The summed E-state index contributed by atoms with van der Waals surface area (Å²) in [6.07, 6.45) is 12.0. The molecular formula is C14H29NO. The van der Waals surface area contributed by atoms with Crippen LogP contribution in [-0.2, 0) is 0 Å². The maximum absolute atomic E-state index is 9.20. The molecule has 1 aliphatic rings. The van der Waals surface area contributed by atoms with Crippen LogP contribution in [0.25, 0.3) is 0 Å². The lowest BCUT2D eigenvalue weighted by atomic mass is 10.0. The fourth-order valence-electron chi connectivity index (χ4n) is 2.72. The van der Waals surface area contributed by atoms with Crippen molar-refractivity contribution in [2.45, 2.75) is 70.8 Å². The Kier molecular flexibility index (Phi) is 7.87. The third-order valence-electron chi connectivity index (χ3n) is 3.83. The van der Waals surface area contributed by atoms with Gasteiger partial charge in [-0.3, -0.25) is 0 Å². The van der Waals surface area contributed by atoms with Crippen LogP contribution in [0.2, 0.25) is 0 Å². The molecular weight excluding hydrogens is 198 g/mol. The lowest BCUT2D eigenvalue weighted by Gasteiger charge is -2.18. The largest absolute Gasteiger partial charge is 0.396 e. The molecule has 2 heteroatoms. The number of unbranched alkanes of at least 4 members (excludes halogenated alkanes) is 5. The Labute approximate surface area is 101 Å². The van der Waals surface area contributed by atoms with Gasteiger partial charge in [0.25, 0.3) is 0 Å². The molecule has 1 saturated carbocycles. The van der Waals surface area contributed by atoms with Gasteiger partial charge in [0.1, 0.15) is 0 Å². The highest BCUT2D eigenvalue weighted by Gasteiger charge is 2.25. The Morgan fingerprint density at radius 2 is 1.81 bits per heavy atom. The van der Waals surface area contributed by atoms with Crippen LogP contribution < -0.4 is 5.32 Å². The van der Waals surface area contributed by atoms with Gasteiger partial charge in [0, 0.05) is 12.6 Å². The van der Waals surface area contributed by atoms with E-state index in [1.807, 2.05) is 0 Å². The molecule has 0 amide bonds. The van der Waals surface area contributed by atoms with E-state index in [1.165, 1.54) is 57.8 Å². The SMILES string of the molecule is CCCCCCCCNC1CCCC1CO. The van der Waals surface area contributed by atoms with E-state index in [2.05, 4.69) is 12.2 Å². The minimum atomic E-state index is 0.369. The number of aliphatic hydroxyl groups excluding tert-OH is 1. The van der Waals surface area contributed by atoms with E-state index >= 15 is 0 Å². The normalized spacial score (nSPS) is 25.1. The van der Waals surface area contributed by atoms with E-state index in [-0.39, 0.29) is 0 Å². The van der Waals surface area contributed by atoms with E-state index in [0.29, 0.717) is 18.6 Å². The Hall–Kier alpha value is -0.0800. The number of hydrogen-bond acceptors (Lipinski definition) is 2. The Balaban J connectivity index is 1.90. The molecule has 0 radical (unpaired) electrons. The highest BCUT2D eigenvalue weighted by molar-refractivity contribution is 4.82. The first-order valence-electron chi connectivity index (χ1n) is 7.22. The smallest absolute Gasteiger partial charge is 0.0474 e. The van der Waals surface area contributed by atoms with Crippen molar-refractivity contribution in [2.24, 2.45) is 5.92 Å². The van der Waals surface area contributed by atoms with Crippen LogP contribution in [0, 0.1) is 5.92 Å². The molecule has 1 aliphatic carbocycles. The topological polar surface area (TPSA) is 32.3 Å². The summed E-state index contributed by atoms with van der Waals surface area (Å²) >= 11 is 0. The molecule has 1 rings (SSSR count). The van der Waals surface area contributed by atoms with Crippen LogP contribution in [0.1, 0.15) is 64.7 Å². The number of aliphatic hydroxyl groups is 1. The quantitative estimate of drug-likeness (QED) is 0.593. The average Bonchev–Trinajstić information content (AvgIpc) is 2.75. The highest BCUT2D eigenvalue weighted by atomic mass is 16.3. The van der Waals surface area contributed by atoms with Gasteiger partial charge in [0.2, 0.25) is 0 Å². The number of nitrogens with one attached hydrogen (secondary N) is 1. The van der Waals surface area contributed by atoms with E-state index < -0.39 is 0 Å². The zero-order valence-electron chi connectivity index (χ0n) is 10.9. The summed E-state index contributed by atoms with van der Waals surface area (Å²) in [4.78, 5) is 0. The molecule has 0 bridgehead atoms. The van der Waals surface area contributed by atoms with Gasteiger partial charge in [-0.15, -0.1) is 0 Å². The van der Waals surface area contributed by atoms with Gasteiger partial charge < -0.3 is 10.4 Å². The molecule has 2 N–H and O–H groups in total. The predicted octanol–water partition coefficient (Wildman–Crippen LogP) is 3.10. The van der Waals surface area contributed by atoms with Gasteiger partial charge in [-0.05, 0) is 31.7 Å². The molecule has 2 atom stereocenters. The first kappa shape index (κ1) is 14.0. The number of hydrogen-bond donors (Lipinski definition) is 2. The second kappa shape index (κ2) is 9.00. The average molecular weight is 227 g/mol. The van der Waals surface area contributed by atoms with Crippen molar-refractivity contribution in [3.8, 4) is 0 Å². The van der Waals surface area contributed by atoms with Crippen LogP contribution in [0.5, 0.6) is 0 Å². The molecule has 2 nitrogen and oxygen atoms in total. The maximum atomic E-state index is 9.20. The fraction of sp³-hybridized carbons (Fsp3) is 1.00.